The Balaban J connectivity index is 0.000000376. The van der Waals surface area contributed by atoms with Crippen molar-refractivity contribution in [1.29, 1.82) is 0 Å². The number of esters is 4. The van der Waals surface area contributed by atoms with Gasteiger partial charge >= 0.3 is 35.8 Å². The van der Waals surface area contributed by atoms with E-state index in [0.717, 1.165) is 51.4 Å². The van der Waals surface area contributed by atoms with E-state index in [4.69, 9.17) is 29.2 Å². The van der Waals surface area contributed by atoms with E-state index in [1.165, 1.54) is 25.7 Å². The van der Waals surface area contributed by atoms with Gasteiger partial charge in [0.25, 0.3) is 0 Å². The number of carboxylic acid groups (broad SMARTS) is 2. The lowest BCUT2D eigenvalue weighted by atomic mass is 9.75. The van der Waals surface area contributed by atoms with Gasteiger partial charge < -0.3 is 29.2 Å². The Morgan fingerprint density at radius 3 is 0.738 bits per heavy atom. The molecule has 0 spiro atoms. The highest BCUT2D eigenvalue weighted by Crippen LogP contribution is 2.39. The van der Waals surface area contributed by atoms with E-state index in [2.05, 4.69) is 83.1 Å². The van der Waals surface area contributed by atoms with Crippen molar-refractivity contribution in [2.75, 3.05) is 0 Å². The molecule has 4 saturated carbocycles. The topological polar surface area (TPSA) is 180 Å². The van der Waals surface area contributed by atoms with Crippen molar-refractivity contribution in [3.63, 3.8) is 0 Å². The van der Waals surface area contributed by atoms with E-state index in [1.807, 2.05) is 0 Å². The summed E-state index contributed by atoms with van der Waals surface area (Å²) in [4.78, 5) is 69.1. The van der Waals surface area contributed by atoms with E-state index < -0.39 is 11.9 Å². The summed E-state index contributed by atoms with van der Waals surface area (Å²) >= 11 is 0. The number of rotatable bonds is 18. The van der Waals surface area contributed by atoms with Crippen molar-refractivity contribution in [2.45, 2.75) is 229 Å². The molecule has 12 atom stereocenters. The van der Waals surface area contributed by atoms with E-state index >= 15 is 0 Å². The molecular weight excluding hydrogens is 829 g/mol. The van der Waals surface area contributed by atoms with E-state index in [1.54, 1.807) is 0 Å². The molecule has 0 aromatic heterocycles. The zero-order valence-corrected chi connectivity index (χ0v) is 42.6. The minimum absolute atomic E-state index is 0.00298. The Morgan fingerprint density at radius 1 is 0.369 bits per heavy atom. The lowest BCUT2D eigenvalue weighted by Crippen LogP contribution is -2.36. The first-order valence-corrected chi connectivity index (χ1v) is 25.7. The maximum Gasteiger partial charge on any atom is 0.306 e. The fraction of sp³-hybridized carbons (Fsp3) is 0.887. The summed E-state index contributed by atoms with van der Waals surface area (Å²) in [6.07, 6.45) is 13.7. The Hall–Kier alpha value is -3.18. The van der Waals surface area contributed by atoms with E-state index in [0.29, 0.717) is 71.0 Å². The molecule has 376 valence electrons. The van der Waals surface area contributed by atoms with Gasteiger partial charge in [-0.3, -0.25) is 28.8 Å². The molecule has 0 aromatic rings. The molecule has 0 saturated heterocycles. The van der Waals surface area contributed by atoms with Gasteiger partial charge in [0.2, 0.25) is 0 Å². The van der Waals surface area contributed by atoms with Crippen molar-refractivity contribution in [2.24, 2.45) is 71.0 Å². The number of carbonyl (C=O) groups is 6. The number of hydrogen-bond acceptors (Lipinski definition) is 10. The molecule has 12 nitrogen and oxygen atoms in total. The summed E-state index contributed by atoms with van der Waals surface area (Å²) in [5.41, 5.74) is 0. The van der Waals surface area contributed by atoms with Crippen LogP contribution in [-0.2, 0) is 47.7 Å². The summed E-state index contributed by atoms with van der Waals surface area (Å²) in [6, 6.07) is 0. The van der Waals surface area contributed by atoms with Crippen LogP contribution in [0.25, 0.3) is 0 Å². The molecule has 0 aromatic carbocycles. The Morgan fingerprint density at radius 2 is 0.569 bits per heavy atom. The molecule has 4 fully saturated rings. The van der Waals surface area contributed by atoms with Gasteiger partial charge in [-0.05, 0) is 129 Å². The van der Waals surface area contributed by atoms with Gasteiger partial charge in [-0.2, -0.15) is 0 Å². The predicted molar refractivity (Wildman–Crippen MR) is 252 cm³/mol. The fourth-order valence-electron chi connectivity index (χ4n) is 10.7. The van der Waals surface area contributed by atoms with Crippen LogP contribution >= 0.6 is 0 Å². The van der Waals surface area contributed by atoms with Crippen molar-refractivity contribution in [3.05, 3.63) is 0 Å². The molecule has 4 rings (SSSR count). The lowest BCUT2D eigenvalue weighted by molar-refractivity contribution is -0.163. The summed E-state index contributed by atoms with van der Waals surface area (Å²) in [7, 11) is 0. The van der Waals surface area contributed by atoms with Crippen LogP contribution in [0.2, 0.25) is 0 Å². The standard InChI is InChI=1S/2C24H42O4.C5H8O4/c2*1-15(2)19-9-7-17(5)13-21(19)27-23(25)11-12-24(26)28-22-14-18(6)8-10-20(22)16(3)4;6-4(7)2-1-3-5(8)9/h2*15-22H,7-14H2,1-6H3;1-3H2,(H,6,7)(H,8,9). The number of hydrogen-bond donors (Lipinski definition) is 2. The summed E-state index contributed by atoms with van der Waals surface area (Å²) in [5, 5.41) is 16.1. The largest absolute Gasteiger partial charge is 0.481 e. The van der Waals surface area contributed by atoms with Gasteiger partial charge in [0.1, 0.15) is 24.4 Å². The number of ether oxygens (including phenoxy) is 4. The third-order valence-electron chi connectivity index (χ3n) is 14.8. The smallest absolute Gasteiger partial charge is 0.306 e. The molecule has 0 amide bonds. The summed E-state index contributed by atoms with van der Waals surface area (Å²) in [5.74, 6) is 3.26. The normalized spacial score (nSPS) is 30.3. The average molecular weight is 921 g/mol. The first kappa shape index (κ1) is 57.9. The van der Waals surface area contributed by atoms with Crippen LogP contribution in [0.5, 0.6) is 0 Å². The Kier molecular flexibility index (Phi) is 26.3. The molecule has 4 aliphatic carbocycles. The molecule has 0 heterocycles. The van der Waals surface area contributed by atoms with Crippen LogP contribution in [0, 0.1) is 71.0 Å². The van der Waals surface area contributed by atoms with Gasteiger partial charge in [-0.25, -0.2) is 0 Å². The Labute approximate surface area is 393 Å². The van der Waals surface area contributed by atoms with Gasteiger partial charge in [-0.1, -0.05) is 109 Å². The highest BCUT2D eigenvalue weighted by molar-refractivity contribution is 5.78. The van der Waals surface area contributed by atoms with Gasteiger partial charge in [0.05, 0.1) is 25.7 Å². The van der Waals surface area contributed by atoms with Crippen LogP contribution in [-0.4, -0.2) is 70.4 Å². The minimum Gasteiger partial charge on any atom is -0.481 e. The van der Waals surface area contributed by atoms with Crippen LogP contribution in [0.1, 0.15) is 205 Å². The molecule has 12 unspecified atom stereocenters. The second-order valence-corrected chi connectivity index (χ2v) is 22.1. The molecule has 0 bridgehead atoms. The second kappa shape index (κ2) is 29.6. The predicted octanol–water partition coefficient (Wildman–Crippen LogP) is 11.9. The first-order chi connectivity index (χ1) is 30.5. The first-order valence-electron chi connectivity index (χ1n) is 25.7. The molecule has 12 heteroatoms. The van der Waals surface area contributed by atoms with Crippen molar-refractivity contribution in [3.8, 4) is 0 Å². The maximum absolute atomic E-state index is 12.4. The number of aliphatic carboxylic acids is 2. The van der Waals surface area contributed by atoms with Crippen LogP contribution < -0.4 is 0 Å². The van der Waals surface area contributed by atoms with E-state index in [9.17, 15) is 28.8 Å². The number of carboxylic acids is 2. The lowest BCUT2D eigenvalue weighted by Gasteiger charge is -2.37. The zero-order valence-electron chi connectivity index (χ0n) is 42.6. The van der Waals surface area contributed by atoms with Crippen molar-refractivity contribution >= 4 is 35.8 Å². The van der Waals surface area contributed by atoms with Crippen LogP contribution in [0.15, 0.2) is 0 Å². The molecule has 0 aliphatic heterocycles. The van der Waals surface area contributed by atoms with Gasteiger partial charge in [-0.15, -0.1) is 0 Å². The number of carbonyl (C=O) groups excluding carboxylic acids is 4. The highest BCUT2D eigenvalue weighted by atomic mass is 16.6. The monoisotopic (exact) mass is 921 g/mol. The molecule has 4 aliphatic rings. The summed E-state index contributed by atoms with van der Waals surface area (Å²) < 4.78 is 23.2. The average Bonchev–Trinajstić information content (AvgIpc) is 3.19. The minimum atomic E-state index is -0.948. The SMILES string of the molecule is CC1CCC(C(C)C)C(OC(=O)CCC(=O)OC2CC(C)CCC2C(C)C)C1.CC1CCC(C(C)C)C(OC(=O)CCC(=O)OC2CC(C)CCC2C(C)C)C1.O=C(O)CCCC(=O)O. The quantitative estimate of drug-likeness (QED) is 0.0983. The van der Waals surface area contributed by atoms with Crippen molar-refractivity contribution < 1.29 is 57.9 Å². The third kappa shape index (κ3) is 22.4. The molecular formula is C53H92O12. The fourth-order valence-corrected chi connectivity index (χ4v) is 10.7. The molecule has 0 radical (unpaired) electrons. The van der Waals surface area contributed by atoms with Gasteiger partial charge in [0, 0.05) is 12.8 Å². The van der Waals surface area contributed by atoms with Gasteiger partial charge in [0.15, 0.2) is 0 Å². The third-order valence-corrected chi connectivity index (χ3v) is 14.8. The summed E-state index contributed by atoms with van der Waals surface area (Å²) in [6.45, 7) is 26.5. The highest BCUT2D eigenvalue weighted by Gasteiger charge is 2.37. The molecule has 2 N–H and O–H groups in total. The second-order valence-electron chi connectivity index (χ2n) is 22.1. The zero-order chi connectivity index (χ0) is 49.0. The Bertz CT molecular complexity index is 1260. The van der Waals surface area contributed by atoms with E-state index in [-0.39, 0.29) is 93.2 Å². The van der Waals surface area contributed by atoms with Crippen LogP contribution in [0.4, 0.5) is 0 Å². The maximum atomic E-state index is 12.4. The van der Waals surface area contributed by atoms with Crippen molar-refractivity contribution in [1.82, 2.24) is 0 Å². The molecule has 65 heavy (non-hydrogen) atoms. The van der Waals surface area contributed by atoms with Crippen LogP contribution in [0.3, 0.4) is 0 Å².